The van der Waals surface area contributed by atoms with Crippen LogP contribution in [-0.2, 0) is 6.42 Å². The van der Waals surface area contributed by atoms with E-state index in [1.165, 1.54) is 16.7 Å². The molecule has 0 spiro atoms. The predicted molar refractivity (Wildman–Crippen MR) is 82.2 cm³/mol. The molecular formula is C18H21NO. The topological polar surface area (TPSA) is 21.3 Å². The summed E-state index contributed by atoms with van der Waals surface area (Å²) in [5.41, 5.74) is 3.97. The van der Waals surface area contributed by atoms with Gasteiger partial charge < -0.3 is 10.1 Å². The van der Waals surface area contributed by atoms with Crippen LogP contribution in [0.2, 0.25) is 0 Å². The Balaban J connectivity index is 1.88. The first-order valence-corrected chi connectivity index (χ1v) is 7.33. The molecule has 3 rings (SSSR count). The van der Waals surface area contributed by atoms with Crippen LogP contribution in [0.4, 0.5) is 0 Å². The van der Waals surface area contributed by atoms with Crippen molar-refractivity contribution in [2.24, 2.45) is 0 Å². The van der Waals surface area contributed by atoms with E-state index in [1.807, 2.05) is 6.07 Å². The largest absolute Gasteiger partial charge is 0.488 e. The van der Waals surface area contributed by atoms with Crippen LogP contribution in [-0.4, -0.2) is 12.6 Å². The zero-order valence-corrected chi connectivity index (χ0v) is 12.1. The minimum absolute atomic E-state index is 0.174. The second-order valence-electron chi connectivity index (χ2n) is 5.36. The fraction of sp³-hybridized carbons (Fsp3) is 0.333. The van der Waals surface area contributed by atoms with Crippen LogP contribution in [0.5, 0.6) is 5.75 Å². The molecule has 0 bridgehead atoms. The summed E-state index contributed by atoms with van der Waals surface area (Å²) < 4.78 is 6.17. The van der Waals surface area contributed by atoms with E-state index in [0.29, 0.717) is 0 Å². The smallest absolute Gasteiger partial charge is 0.123 e. The lowest BCUT2D eigenvalue weighted by Crippen LogP contribution is -2.35. The number of para-hydroxylation sites is 1. The molecule has 0 saturated heterocycles. The van der Waals surface area contributed by atoms with Crippen LogP contribution >= 0.6 is 0 Å². The summed E-state index contributed by atoms with van der Waals surface area (Å²) in [6.45, 7) is 5.25. The number of benzene rings is 2. The van der Waals surface area contributed by atoms with Crippen molar-refractivity contribution < 1.29 is 4.74 Å². The maximum absolute atomic E-state index is 6.17. The van der Waals surface area contributed by atoms with Gasteiger partial charge in [0.05, 0.1) is 6.04 Å². The van der Waals surface area contributed by atoms with Gasteiger partial charge in [0.1, 0.15) is 11.9 Å². The molecule has 0 aliphatic carbocycles. The quantitative estimate of drug-likeness (QED) is 0.913. The van der Waals surface area contributed by atoms with Gasteiger partial charge in [-0.05, 0) is 36.2 Å². The molecule has 20 heavy (non-hydrogen) atoms. The second kappa shape index (κ2) is 5.68. The zero-order chi connectivity index (χ0) is 13.9. The monoisotopic (exact) mass is 267 g/mol. The van der Waals surface area contributed by atoms with E-state index in [2.05, 4.69) is 61.6 Å². The lowest BCUT2D eigenvalue weighted by atomic mass is 9.94. The van der Waals surface area contributed by atoms with Crippen molar-refractivity contribution in [2.45, 2.75) is 32.4 Å². The Morgan fingerprint density at radius 2 is 1.90 bits per heavy atom. The molecule has 0 saturated carbocycles. The molecule has 1 heterocycles. The Hall–Kier alpha value is -1.80. The van der Waals surface area contributed by atoms with Crippen molar-refractivity contribution >= 4 is 0 Å². The van der Waals surface area contributed by atoms with Gasteiger partial charge in [-0.25, -0.2) is 0 Å². The zero-order valence-electron chi connectivity index (χ0n) is 12.1. The van der Waals surface area contributed by atoms with Crippen LogP contribution in [0.15, 0.2) is 48.5 Å². The van der Waals surface area contributed by atoms with E-state index >= 15 is 0 Å². The van der Waals surface area contributed by atoms with Gasteiger partial charge in [0, 0.05) is 6.42 Å². The fourth-order valence-corrected chi connectivity index (χ4v) is 2.99. The Kier molecular flexibility index (Phi) is 3.75. The Labute approximate surface area is 120 Å². The van der Waals surface area contributed by atoms with Crippen LogP contribution in [0.1, 0.15) is 29.7 Å². The summed E-state index contributed by atoms with van der Waals surface area (Å²) in [6, 6.07) is 17.2. The van der Waals surface area contributed by atoms with Crippen molar-refractivity contribution in [3.8, 4) is 5.75 Å². The van der Waals surface area contributed by atoms with Gasteiger partial charge in [-0.1, -0.05) is 49.4 Å². The van der Waals surface area contributed by atoms with E-state index in [9.17, 15) is 0 Å². The lowest BCUT2D eigenvalue weighted by molar-refractivity contribution is 0.179. The molecule has 2 unspecified atom stereocenters. The van der Waals surface area contributed by atoms with Crippen molar-refractivity contribution in [3.63, 3.8) is 0 Å². The highest BCUT2D eigenvalue weighted by Gasteiger charge is 2.31. The summed E-state index contributed by atoms with van der Waals surface area (Å²) in [6.07, 6.45) is 1.15. The minimum atomic E-state index is 0.174. The van der Waals surface area contributed by atoms with Gasteiger partial charge in [-0.2, -0.15) is 0 Å². The molecule has 1 aliphatic heterocycles. The minimum Gasteiger partial charge on any atom is -0.488 e. The maximum Gasteiger partial charge on any atom is 0.123 e. The van der Waals surface area contributed by atoms with E-state index in [0.717, 1.165) is 18.7 Å². The van der Waals surface area contributed by atoms with E-state index < -0.39 is 0 Å². The van der Waals surface area contributed by atoms with Gasteiger partial charge >= 0.3 is 0 Å². The summed E-state index contributed by atoms with van der Waals surface area (Å²) in [4.78, 5) is 0. The molecule has 0 amide bonds. The van der Waals surface area contributed by atoms with E-state index in [4.69, 9.17) is 4.74 Å². The number of ether oxygens (including phenoxy) is 1. The molecule has 0 radical (unpaired) electrons. The molecule has 104 valence electrons. The van der Waals surface area contributed by atoms with Crippen molar-refractivity contribution in [1.29, 1.82) is 0 Å². The highest BCUT2D eigenvalue weighted by Crippen LogP contribution is 2.34. The number of hydrogen-bond acceptors (Lipinski definition) is 2. The molecule has 2 aromatic rings. The summed E-state index contributed by atoms with van der Waals surface area (Å²) in [5.74, 6) is 1.04. The molecular weight excluding hydrogens is 246 g/mol. The van der Waals surface area contributed by atoms with Crippen LogP contribution in [0, 0.1) is 6.92 Å². The summed E-state index contributed by atoms with van der Waals surface area (Å²) in [5, 5.41) is 3.59. The SMILES string of the molecule is CCNC(c1ccccc1C)C1Cc2ccccc2O1. The number of nitrogens with one attached hydrogen (secondary N) is 1. The van der Waals surface area contributed by atoms with Gasteiger partial charge in [0.2, 0.25) is 0 Å². The molecule has 0 aromatic heterocycles. The Bertz CT molecular complexity index is 568. The third-order valence-electron chi connectivity index (χ3n) is 3.99. The van der Waals surface area contributed by atoms with Gasteiger partial charge in [0.25, 0.3) is 0 Å². The molecule has 0 fully saturated rings. The average molecular weight is 267 g/mol. The van der Waals surface area contributed by atoms with Gasteiger partial charge in [-0.3, -0.25) is 0 Å². The first-order chi connectivity index (χ1) is 9.79. The summed E-state index contributed by atoms with van der Waals surface area (Å²) >= 11 is 0. The van der Waals surface area contributed by atoms with E-state index in [-0.39, 0.29) is 12.1 Å². The second-order valence-corrected chi connectivity index (χ2v) is 5.36. The lowest BCUT2D eigenvalue weighted by Gasteiger charge is -2.26. The van der Waals surface area contributed by atoms with Crippen molar-refractivity contribution in [2.75, 3.05) is 6.54 Å². The highest BCUT2D eigenvalue weighted by atomic mass is 16.5. The van der Waals surface area contributed by atoms with Crippen LogP contribution in [0.25, 0.3) is 0 Å². The number of hydrogen-bond donors (Lipinski definition) is 1. The normalized spacial score (nSPS) is 18.4. The maximum atomic E-state index is 6.17. The molecule has 2 heteroatoms. The van der Waals surface area contributed by atoms with Crippen LogP contribution < -0.4 is 10.1 Å². The van der Waals surface area contributed by atoms with Crippen LogP contribution in [0.3, 0.4) is 0 Å². The first-order valence-electron chi connectivity index (χ1n) is 7.33. The third kappa shape index (κ3) is 2.44. The van der Waals surface area contributed by atoms with Gasteiger partial charge in [-0.15, -0.1) is 0 Å². The number of rotatable bonds is 4. The Morgan fingerprint density at radius 3 is 2.65 bits per heavy atom. The molecule has 1 N–H and O–H groups in total. The first kappa shape index (κ1) is 13.2. The number of likely N-dealkylation sites (N-methyl/N-ethyl adjacent to an activating group) is 1. The number of fused-ring (bicyclic) bond motifs is 1. The highest BCUT2D eigenvalue weighted by molar-refractivity contribution is 5.39. The third-order valence-corrected chi connectivity index (χ3v) is 3.99. The van der Waals surface area contributed by atoms with Crippen molar-refractivity contribution in [1.82, 2.24) is 5.32 Å². The molecule has 2 atom stereocenters. The fourth-order valence-electron chi connectivity index (χ4n) is 2.99. The number of aryl methyl sites for hydroxylation is 1. The molecule has 1 aliphatic rings. The van der Waals surface area contributed by atoms with E-state index in [1.54, 1.807) is 0 Å². The average Bonchev–Trinajstić information content (AvgIpc) is 2.89. The Morgan fingerprint density at radius 1 is 1.15 bits per heavy atom. The standard InChI is InChI=1S/C18H21NO/c1-3-19-18(15-10-6-4-8-13(15)2)17-12-14-9-5-7-11-16(14)20-17/h4-11,17-19H,3,12H2,1-2H3. The molecule has 2 nitrogen and oxygen atoms in total. The molecule has 2 aromatic carbocycles. The summed E-state index contributed by atoms with van der Waals surface area (Å²) in [7, 11) is 0. The predicted octanol–water partition coefficient (Wildman–Crippen LogP) is 3.65. The van der Waals surface area contributed by atoms with Gasteiger partial charge in [0.15, 0.2) is 0 Å². The van der Waals surface area contributed by atoms with Crippen molar-refractivity contribution in [3.05, 3.63) is 65.2 Å².